The number of nitrogens with zero attached hydrogens (tertiary/aromatic N) is 3. The summed E-state index contributed by atoms with van der Waals surface area (Å²) in [6.45, 7) is 5.16. The minimum absolute atomic E-state index is 0.147. The van der Waals surface area contributed by atoms with Gasteiger partial charge >= 0.3 is 0 Å². The molecule has 0 amide bonds. The third-order valence-electron chi connectivity index (χ3n) is 5.03. The van der Waals surface area contributed by atoms with Crippen molar-refractivity contribution in [2.75, 3.05) is 18.4 Å². The Labute approximate surface area is 166 Å². The van der Waals surface area contributed by atoms with Gasteiger partial charge in [-0.05, 0) is 50.5 Å². The van der Waals surface area contributed by atoms with Crippen molar-refractivity contribution >= 4 is 15.9 Å². The average Bonchev–Trinajstić information content (AvgIpc) is 2.91. The van der Waals surface area contributed by atoms with E-state index in [1.54, 1.807) is 28.6 Å². The Hall–Kier alpha value is -2.37. The summed E-state index contributed by atoms with van der Waals surface area (Å²) in [5, 5.41) is 12.4. The Morgan fingerprint density at radius 3 is 2.43 bits per heavy atom. The molecule has 1 fully saturated rings. The number of nitriles is 1. The summed E-state index contributed by atoms with van der Waals surface area (Å²) < 4.78 is 33.1. The third kappa shape index (κ3) is 4.37. The summed E-state index contributed by atoms with van der Waals surface area (Å²) in [6, 6.07) is 8.67. The summed E-state index contributed by atoms with van der Waals surface area (Å²) in [5.74, 6) is 0.634. The summed E-state index contributed by atoms with van der Waals surface area (Å²) in [6.07, 6.45) is 4.82. The lowest BCUT2D eigenvalue weighted by atomic mass is 10.2. The molecule has 150 valence electrons. The molecule has 2 heterocycles. The van der Waals surface area contributed by atoms with E-state index in [4.69, 9.17) is 4.42 Å². The molecule has 0 radical (unpaired) electrons. The molecule has 2 aromatic rings. The van der Waals surface area contributed by atoms with Crippen LogP contribution in [-0.4, -0.2) is 36.8 Å². The molecule has 0 unspecified atom stereocenters. The largest absolute Gasteiger partial charge is 0.419 e. The number of rotatable bonds is 6. The Bertz CT molecular complexity index is 937. The first-order valence-electron chi connectivity index (χ1n) is 9.73. The van der Waals surface area contributed by atoms with Crippen molar-refractivity contribution in [1.82, 2.24) is 9.29 Å². The van der Waals surface area contributed by atoms with Crippen LogP contribution in [0.4, 0.5) is 5.88 Å². The quantitative estimate of drug-likeness (QED) is 0.784. The summed E-state index contributed by atoms with van der Waals surface area (Å²) >= 11 is 0. The lowest BCUT2D eigenvalue weighted by Gasteiger charge is -2.19. The van der Waals surface area contributed by atoms with Gasteiger partial charge < -0.3 is 9.73 Å². The van der Waals surface area contributed by atoms with Crippen LogP contribution in [0.3, 0.4) is 0 Å². The van der Waals surface area contributed by atoms with E-state index < -0.39 is 10.0 Å². The number of anilines is 1. The van der Waals surface area contributed by atoms with Crippen molar-refractivity contribution in [3.05, 3.63) is 30.0 Å². The smallest absolute Gasteiger partial charge is 0.243 e. The van der Waals surface area contributed by atoms with E-state index in [0.717, 1.165) is 32.1 Å². The molecule has 0 saturated carbocycles. The molecular formula is C20H26N4O3S. The Morgan fingerprint density at radius 2 is 1.86 bits per heavy atom. The molecule has 1 aliphatic heterocycles. The normalized spacial score (nSPS) is 16.9. The minimum atomic E-state index is -3.49. The molecule has 0 aliphatic carbocycles. The van der Waals surface area contributed by atoms with E-state index in [-0.39, 0.29) is 16.6 Å². The number of benzene rings is 1. The monoisotopic (exact) mass is 402 g/mol. The molecule has 0 bridgehead atoms. The topological polar surface area (TPSA) is 99.2 Å². The highest BCUT2D eigenvalue weighted by Gasteiger charge is 2.25. The fourth-order valence-corrected chi connectivity index (χ4v) is 4.66. The molecule has 1 N–H and O–H groups in total. The molecule has 0 spiro atoms. The zero-order valence-corrected chi connectivity index (χ0v) is 17.1. The second-order valence-electron chi connectivity index (χ2n) is 7.10. The van der Waals surface area contributed by atoms with E-state index in [0.29, 0.717) is 30.4 Å². The van der Waals surface area contributed by atoms with Crippen LogP contribution >= 0.6 is 0 Å². The van der Waals surface area contributed by atoms with Crippen molar-refractivity contribution in [2.24, 2.45) is 0 Å². The minimum Gasteiger partial charge on any atom is -0.419 e. The van der Waals surface area contributed by atoms with Gasteiger partial charge in [0.05, 0.1) is 4.90 Å². The zero-order chi connectivity index (χ0) is 20.1. The zero-order valence-electron chi connectivity index (χ0n) is 16.3. The van der Waals surface area contributed by atoms with Gasteiger partial charge in [0.15, 0.2) is 0 Å². The standard InChI is InChI=1S/C20H26N4O3S/c1-3-15(2)22-20-18(14-21)23-19(27-20)16-8-10-17(11-9-16)28(25,26)24-12-6-4-5-7-13-24/h8-11,15,22H,3-7,12-13H2,1-2H3/t15-/m1/s1. The maximum Gasteiger partial charge on any atom is 0.243 e. The first-order valence-corrected chi connectivity index (χ1v) is 11.2. The van der Waals surface area contributed by atoms with Crippen molar-refractivity contribution in [3.8, 4) is 17.5 Å². The molecule has 1 aliphatic rings. The van der Waals surface area contributed by atoms with Gasteiger partial charge in [-0.15, -0.1) is 0 Å². The van der Waals surface area contributed by atoms with Crippen molar-refractivity contribution in [3.63, 3.8) is 0 Å². The van der Waals surface area contributed by atoms with E-state index in [9.17, 15) is 13.7 Å². The second-order valence-corrected chi connectivity index (χ2v) is 9.04. The van der Waals surface area contributed by atoms with Gasteiger partial charge in [-0.1, -0.05) is 19.8 Å². The van der Waals surface area contributed by atoms with Gasteiger partial charge in [-0.2, -0.15) is 14.6 Å². The third-order valence-corrected chi connectivity index (χ3v) is 6.94. The Balaban J connectivity index is 1.83. The molecule has 1 saturated heterocycles. The number of sulfonamides is 1. The van der Waals surface area contributed by atoms with E-state index in [1.807, 2.05) is 19.9 Å². The van der Waals surface area contributed by atoms with E-state index >= 15 is 0 Å². The van der Waals surface area contributed by atoms with Gasteiger partial charge in [0, 0.05) is 24.7 Å². The molecule has 3 rings (SSSR count). The van der Waals surface area contributed by atoms with Gasteiger partial charge in [-0.25, -0.2) is 8.42 Å². The number of hydrogen-bond acceptors (Lipinski definition) is 6. The van der Waals surface area contributed by atoms with Crippen molar-refractivity contribution in [2.45, 2.75) is 56.9 Å². The van der Waals surface area contributed by atoms with Crippen LogP contribution in [0.25, 0.3) is 11.5 Å². The second kappa shape index (κ2) is 8.76. The highest BCUT2D eigenvalue weighted by Crippen LogP contribution is 2.28. The van der Waals surface area contributed by atoms with Crippen molar-refractivity contribution in [1.29, 1.82) is 5.26 Å². The fourth-order valence-electron chi connectivity index (χ4n) is 3.14. The molecule has 7 nitrogen and oxygen atoms in total. The molecule has 8 heteroatoms. The molecule has 1 aromatic carbocycles. The van der Waals surface area contributed by atoms with E-state index in [2.05, 4.69) is 10.3 Å². The van der Waals surface area contributed by atoms with Gasteiger partial charge in [-0.3, -0.25) is 0 Å². The fraction of sp³-hybridized carbons (Fsp3) is 0.500. The van der Waals surface area contributed by atoms with Crippen molar-refractivity contribution < 1.29 is 12.8 Å². The maximum absolute atomic E-state index is 12.9. The molecule has 1 aromatic heterocycles. The highest BCUT2D eigenvalue weighted by atomic mass is 32.2. The maximum atomic E-state index is 12.9. The van der Waals surface area contributed by atoms with Crippen LogP contribution in [-0.2, 0) is 10.0 Å². The SMILES string of the molecule is CC[C@@H](C)Nc1oc(-c2ccc(S(=O)(=O)N3CCCCCC3)cc2)nc1C#N. The predicted octanol–water partition coefficient (Wildman–Crippen LogP) is 3.99. The number of aromatic nitrogens is 1. The predicted molar refractivity (Wildman–Crippen MR) is 107 cm³/mol. The lowest BCUT2D eigenvalue weighted by Crippen LogP contribution is -2.31. The first-order chi connectivity index (χ1) is 13.5. The van der Waals surface area contributed by atoms with Crippen LogP contribution in [0, 0.1) is 11.3 Å². The van der Waals surface area contributed by atoms with Gasteiger partial charge in [0.25, 0.3) is 0 Å². The van der Waals surface area contributed by atoms with Crippen LogP contribution in [0.2, 0.25) is 0 Å². The number of oxazole rings is 1. The van der Waals surface area contributed by atoms with Gasteiger partial charge in [0.2, 0.25) is 27.5 Å². The molecule has 1 atom stereocenters. The van der Waals surface area contributed by atoms with E-state index in [1.165, 1.54) is 0 Å². The van der Waals surface area contributed by atoms with Crippen LogP contribution in [0.15, 0.2) is 33.6 Å². The first kappa shape index (κ1) is 20.4. The summed E-state index contributed by atoms with van der Waals surface area (Å²) in [4.78, 5) is 4.50. The van der Waals surface area contributed by atoms with Crippen LogP contribution < -0.4 is 5.32 Å². The molecule has 28 heavy (non-hydrogen) atoms. The number of nitrogens with one attached hydrogen (secondary N) is 1. The molecular weight excluding hydrogens is 376 g/mol. The highest BCUT2D eigenvalue weighted by molar-refractivity contribution is 7.89. The van der Waals surface area contributed by atoms with Crippen LogP contribution in [0.5, 0.6) is 0 Å². The summed E-state index contributed by atoms with van der Waals surface area (Å²) in [5.41, 5.74) is 0.820. The lowest BCUT2D eigenvalue weighted by molar-refractivity contribution is 0.423. The Morgan fingerprint density at radius 1 is 1.21 bits per heavy atom. The summed E-state index contributed by atoms with van der Waals surface area (Å²) in [7, 11) is -3.49. The number of hydrogen-bond donors (Lipinski definition) is 1. The Kier molecular flexibility index (Phi) is 6.37. The van der Waals surface area contributed by atoms with Gasteiger partial charge in [0.1, 0.15) is 6.07 Å². The average molecular weight is 403 g/mol. The van der Waals surface area contributed by atoms with Crippen LogP contribution in [0.1, 0.15) is 51.6 Å².